The molecule has 0 aliphatic carbocycles. The minimum atomic E-state index is -0.388. The van der Waals surface area contributed by atoms with E-state index in [-0.39, 0.29) is 12.1 Å². The molecule has 0 unspecified atom stereocenters. The minimum Gasteiger partial charge on any atom is -0.494 e. The van der Waals surface area contributed by atoms with Crippen LogP contribution in [-0.4, -0.2) is 28.9 Å². The molecule has 0 radical (unpaired) electrons. The number of ether oxygens (including phenoxy) is 2. The molecule has 3 rings (SSSR count). The number of aromatic nitrogens is 2. The molecule has 0 saturated carbocycles. The fourth-order valence-corrected chi connectivity index (χ4v) is 3.58. The Hall–Kier alpha value is -3.67. The van der Waals surface area contributed by atoms with E-state index in [4.69, 9.17) is 13.9 Å². The zero-order chi connectivity index (χ0) is 24.7. The summed E-state index contributed by atoms with van der Waals surface area (Å²) in [6, 6.07) is 17.4. The Morgan fingerprint density at radius 2 is 1.37 bits per heavy atom. The number of rotatable bonds is 16. The number of benzene rings is 2. The standard InChI is InChI=1S/C29H34N2O4/c1-3-25(4-2)34-27(32)17-13-8-6-5-7-9-14-22-33-26-20-18-24(19-21-26)29-31-30-28(35-29)23-15-11-10-12-16-23/h3-4,10-12,15-16,18-21,25H,1-2,5-9,13-14,17,22H2. The average Bonchev–Trinajstić information content (AvgIpc) is 3.39. The number of nitrogens with zero attached hydrogens (tertiary/aromatic N) is 2. The predicted molar refractivity (Wildman–Crippen MR) is 138 cm³/mol. The molecule has 2 aromatic carbocycles. The van der Waals surface area contributed by atoms with E-state index in [1.165, 1.54) is 12.8 Å². The van der Waals surface area contributed by atoms with Crippen molar-refractivity contribution < 1.29 is 18.7 Å². The molecule has 0 spiro atoms. The molecular weight excluding hydrogens is 440 g/mol. The van der Waals surface area contributed by atoms with Crippen LogP contribution in [0.25, 0.3) is 22.9 Å². The highest BCUT2D eigenvalue weighted by Gasteiger charge is 2.10. The quantitative estimate of drug-likeness (QED) is 0.124. The number of unbranched alkanes of at least 4 members (excludes halogenated alkanes) is 6. The van der Waals surface area contributed by atoms with Gasteiger partial charge in [0.25, 0.3) is 0 Å². The maximum absolute atomic E-state index is 11.7. The second-order valence-electron chi connectivity index (χ2n) is 8.30. The lowest BCUT2D eigenvalue weighted by Crippen LogP contribution is -2.12. The molecule has 0 bridgehead atoms. The Morgan fingerprint density at radius 1 is 0.800 bits per heavy atom. The van der Waals surface area contributed by atoms with E-state index < -0.39 is 0 Å². The number of carbonyl (C=O) groups is 1. The molecule has 1 aromatic heterocycles. The summed E-state index contributed by atoms with van der Waals surface area (Å²) in [5.41, 5.74) is 1.76. The van der Waals surface area contributed by atoms with Crippen LogP contribution in [-0.2, 0) is 9.53 Å². The molecule has 0 aliphatic rings. The van der Waals surface area contributed by atoms with Gasteiger partial charge in [0.05, 0.1) is 6.61 Å². The summed E-state index contributed by atoms with van der Waals surface area (Å²) in [4.78, 5) is 11.7. The normalized spacial score (nSPS) is 10.8. The molecule has 0 N–H and O–H groups in total. The summed E-state index contributed by atoms with van der Waals surface area (Å²) >= 11 is 0. The molecular formula is C29H34N2O4. The van der Waals surface area contributed by atoms with Crippen LogP contribution >= 0.6 is 0 Å². The summed E-state index contributed by atoms with van der Waals surface area (Å²) in [7, 11) is 0. The van der Waals surface area contributed by atoms with Crippen molar-refractivity contribution in [2.24, 2.45) is 0 Å². The fourth-order valence-electron chi connectivity index (χ4n) is 3.58. The Kier molecular flexibility index (Phi) is 10.8. The van der Waals surface area contributed by atoms with E-state index in [1.807, 2.05) is 54.6 Å². The molecule has 0 amide bonds. The monoisotopic (exact) mass is 474 g/mol. The third-order valence-electron chi connectivity index (χ3n) is 5.57. The van der Waals surface area contributed by atoms with Crippen molar-refractivity contribution in [3.05, 3.63) is 79.9 Å². The maximum Gasteiger partial charge on any atom is 0.306 e. The van der Waals surface area contributed by atoms with Crippen LogP contribution in [0, 0.1) is 0 Å². The molecule has 1 heterocycles. The zero-order valence-corrected chi connectivity index (χ0v) is 20.2. The molecule has 184 valence electrons. The Morgan fingerprint density at radius 3 is 2.00 bits per heavy atom. The van der Waals surface area contributed by atoms with Gasteiger partial charge in [-0.05, 0) is 61.4 Å². The lowest BCUT2D eigenvalue weighted by Gasteiger charge is -2.09. The van der Waals surface area contributed by atoms with Crippen molar-refractivity contribution in [2.45, 2.75) is 57.5 Å². The van der Waals surface area contributed by atoms with Crippen molar-refractivity contribution in [3.63, 3.8) is 0 Å². The third kappa shape index (κ3) is 8.89. The van der Waals surface area contributed by atoms with Gasteiger partial charge in [0.1, 0.15) is 11.9 Å². The highest BCUT2D eigenvalue weighted by atomic mass is 16.5. The smallest absolute Gasteiger partial charge is 0.306 e. The van der Waals surface area contributed by atoms with E-state index >= 15 is 0 Å². The van der Waals surface area contributed by atoms with Crippen LogP contribution in [0.2, 0.25) is 0 Å². The number of esters is 1. The van der Waals surface area contributed by atoms with Crippen molar-refractivity contribution in [3.8, 4) is 28.7 Å². The Bertz CT molecular complexity index is 1040. The van der Waals surface area contributed by atoms with Crippen LogP contribution in [0.4, 0.5) is 0 Å². The second-order valence-corrected chi connectivity index (χ2v) is 8.30. The van der Waals surface area contributed by atoms with E-state index in [9.17, 15) is 4.79 Å². The first-order valence-corrected chi connectivity index (χ1v) is 12.3. The van der Waals surface area contributed by atoms with Gasteiger partial charge in [-0.2, -0.15) is 0 Å². The van der Waals surface area contributed by atoms with Crippen molar-refractivity contribution in [1.29, 1.82) is 0 Å². The van der Waals surface area contributed by atoms with Crippen molar-refractivity contribution >= 4 is 5.97 Å². The number of hydrogen-bond acceptors (Lipinski definition) is 6. The van der Waals surface area contributed by atoms with Crippen LogP contribution in [0.3, 0.4) is 0 Å². The van der Waals surface area contributed by atoms with Gasteiger partial charge in [0.15, 0.2) is 0 Å². The molecule has 0 fully saturated rings. The van der Waals surface area contributed by atoms with Gasteiger partial charge < -0.3 is 13.9 Å². The first-order valence-electron chi connectivity index (χ1n) is 12.3. The van der Waals surface area contributed by atoms with Gasteiger partial charge >= 0.3 is 5.97 Å². The topological polar surface area (TPSA) is 74.5 Å². The lowest BCUT2D eigenvalue weighted by molar-refractivity contribution is -0.145. The minimum absolute atomic E-state index is 0.186. The summed E-state index contributed by atoms with van der Waals surface area (Å²) in [5, 5.41) is 8.29. The van der Waals surface area contributed by atoms with Gasteiger partial charge in [-0.1, -0.05) is 63.5 Å². The van der Waals surface area contributed by atoms with Crippen LogP contribution in [0.5, 0.6) is 5.75 Å². The molecule has 0 aliphatic heterocycles. The molecule has 3 aromatic rings. The molecule has 6 heteroatoms. The maximum atomic E-state index is 11.7. The van der Waals surface area contributed by atoms with E-state index in [0.717, 1.165) is 49.0 Å². The first-order chi connectivity index (χ1) is 17.2. The van der Waals surface area contributed by atoms with Crippen LogP contribution < -0.4 is 4.74 Å². The molecule has 0 saturated heterocycles. The molecule has 35 heavy (non-hydrogen) atoms. The zero-order valence-electron chi connectivity index (χ0n) is 20.2. The number of carbonyl (C=O) groups excluding carboxylic acids is 1. The summed E-state index contributed by atoms with van der Waals surface area (Å²) in [5.74, 6) is 1.64. The highest BCUT2D eigenvalue weighted by molar-refractivity contribution is 5.69. The van der Waals surface area contributed by atoms with Crippen molar-refractivity contribution in [2.75, 3.05) is 6.61 Å². The van der Waals surface area contributed by atoms with Gasteiger partial charge in [0.2, 0.25) is 11.8 Å². The average molecular weight is 475 g/mol. The Labute approximate surface area is 207 Å². The lowest BCUT2D eigenvalue weighted by atomic mass is 10.1. The first kappa shape index (κ1) is 25.9. The Balaban J connectivity index is 1.24. The molecule has 0 atom stereocenters. The van der Waals surface area contributed by atoms with Crippen LogP contribution in [0.15, 0.2) is 84.3 Å². The SMILES string of the molecule is C=CC(C=C)OC(=O)CCCCCCCCCOc1ccc(-c2nnc(-c3ccccc3)o2)cc1. The number of hydrogen-bond donors (Lipinski definition) is 0. The summed E-state index contributed by atoms with van der Waals surface area (Å²) in [6.07, 6.45) is 10.7. The summed E-state index contributed by atoms with van der Waals surface area (Å²) in [6.45, 7) is 7.92. The third-order valence-corrected chi connectivity index (χ3v) is 5.57. The largest absolute Gasteiger partial charge is 0.494 e. The van der Waals surface area contributed by atoms with Crippen LogP contribution in [0.1, 0.15) is 51.4 Å². The summed E-state index contributed by atoms with van der Waals surface area (Å²) < 4.78 is 16.9. The van der Waals surface area contributed by atoms with E-state index in [0.29, 0.717) is 24.8 Å². The van der Waals surface area contributed by atoms with E-state index in [1.54, 1.807) is 12.2 Å². The predicted octanol–water partition coefficient (Wildman–Crippen LogP) is 7.19. The van der Waals surface area contributed by atoms with Gasteiger partial charge in [-0.15, -0.1) is 10.2 Å². The molecule has 6 nitrogen and oxygen atoms in total. The van der Waals surface area contributed by atoms with E-state index in [2.05, 4.69) is 23.4 Å². The second kappa shape index (κ2) is 14.6. The fraction of sp³-hybridized carbons (Fsp3) is 0.345. The van der Waals surface area contributed by atoms with Gasteiger partial charge in [-0.3, -0.25) is 4.79 Å². The van der Waals surface area contributed by atoms with Gasteiger partial charge in [0, 0.05) is 17.5 Å². The van der Waals surface area contributed by atoms with Crippen molar-refractivity contribution in [1.82, 2.24) is 10.2 Å². The van der Waals surface area contributed by atoms with Gasteiger partial charge in [-0.25, -0.2) is 0 Å². The highest BCUT2D eigenvalue weighted by Crippen LogP contribution is 2.25.